The maximum atomic E-state index is 5.74. The molecule has 0 spiro atoms. The predicted octanol–water partition coefficient (Wildman–Crippen LogP) is 2.70. The van der Waals surface area contributed by atoms with Gasteiger partial charge in [0.25, 0.3) is 0 Å². The number of aromatic nitrogens is 2. The number of aryl methyl sites for hydroxylation is 2. The van der Waals surface area contributed by atoms with Gasteiger partial charge < -0.3 is 5.73 Å². The minimum atomic E-state index is 0.662. The molecule has 2 N–H and O–H groups in total. The molecular weight excluding hydrogens is 234 g/mol. The molecule has 0 saturated heterocycles. The summed E-state index contributed by atoms with van der Waals surface area (Å²) in [5.74, 6) is 0. The Hall–Kier alpha value is -1.61. The Morgan fingerprint density at radius 1 is 1.21 bits per heavy atom. The summed E-state index contributed by atoms with van der Waals surface area (Å²) in [6, 6.07) is 8.77. The van der Waals surface area contributed by atoms with Gasteiger partial charge in [-0.25, -0.2) is 0 Å². The molecule has 100 valence electrons. The van der Waals surface area contributed by atoms with Gasteiger partial charge in [0, 0.05) is 24.2 Å². The lowest BCUT2D eigenvalue weighted by Gasteiger charge is -2.14. The monoisotopic (exact) mass is 255 g/mol. The van der Waals surface area contributed by atoms with Gasteiger partial charge in [-0.15, -0.1) is 0 Å². The number of hydrogen-bond acceptors (Lipinski definition) is 2. The number of benzene rings is 1. The maximum absolute atomic E-state index is 5.74. The van der Waals surface area contributed by atoms with Crippen LogP contribution in [-0.2, 0) is 19.4 Å². The van der Waals surface area contributed by atoms with Crippen molar-refractivity contribution >= 4 is 0 Å². The van der Waals surface area contributed by atoms with Crippen molar-refractivity contribution in [2.45, 2.75) is 39.2 Å². The molecule has 0 radical (unpaired) electrons. The average Bonchev–Trinajstić information content (AvgIpc) is 2.78. The van der Waals surface area contributed by atoms with Crippen molar-refractivity contribution in [3.8, 4) is 11.1 Å². The molecule has 1 aromatic carbocycles. The standard InChI is InChI=1S/C16H21N3/c1-12-5-7-13(8-6-12)16-14(9-10-17)18-19-11-3-2-4-15(16)19/h5-8H,2-4,9-11,17H2,1H3. The quantitative estimate of drug-likeness (QED) is 0.916. The van der Waals surface area contributed by atoms with Crippen LogP contribution in [0.4, 0.5) is 0 Å². The maximum Gasteiger partial charge on any atom is 0.0718 e. The highest BCUT2D eigenvalue weighted by Crippen LogP contribution is 2.31. The summed E-state index contributed by atoms with van der Waals surface area (Å²) >= 11 is 0. The van der Waals surface area contributed by atoms with Crippen molar-refractivity contribution in [1.82, 2.24) is 9.78 Å². The summed E-state index contributed by atoms with van der Waals surface area (Å²) in [7, 11) is 0. The van der Waals surface area contributed by atoms with Crippen molar-refractivity contribution < 1.29 is 0 Å². The topological polar surface area (TPSA) is 43.8 Å². The zero-order chi connectivity index (χ0) is 13.2. The molecular formula is C16H21N3. The van der Waals surface area contributed by atoms with Gasteiger partial charge >= 0.3 is 0 Å². The number of hydrogen-bond donors (Lipinski definition) is 1. The molecule has 1 aliphatic heterocycles. The lowest BCUT2D eigenvalue weighted by atomic mass is 9.97. The molecule has 0 atom stereocenters. The third-order valence-corrected chi connectivity index (χ3v) is 3.89. The van der Waals surface area contributed by atoms with E-state index in [1.807, 2.05) is 0 Å². The van der Waals surface area contributed by atoms with Gasteiger partial charge in [0.1, 0.15) is 0 Å². The van der Waals surface area contributed by atoms with Crippen LogP contribution in [0.5, 0.6) is 0 Å². The van der Waals surface area contributed by atoms with Crippen LogP contribution in [0.2, 0.25) is 0 Å². The Labute approximate surface area is 114 Å². The van der Waals surface area contributed by atoms with E-state index in [9.17, 15) is 0 Å². The molecule has 3 rings (SSSR count). The number of nitrogens with two attached hydrogens (primary N) is 1. The molecule has 2 aromatic rings. The molecule has 2 heterocycles. The summed E-state index contributed by atoms with van der Waals surface area (Å²) < 4.78 is 2.20. The molecule has 19 heavy (non-hydrogen) atoms. The van der Waals surface area contributed by atoms with Gasteiger partial charge in [0.15, 0.2) is 0 Å². The minimum Gasteiger partial charge on any atom is -0.330 e. The lowest BCUT2D eigenvalue weighted by molar-refractivity contribution is 0.484. The van der Waals surface area contributed by atoms with Crippen LogP contribution in [-0.4, -0.2) is 16.3 Å². The van der Waals surface area contributed by atoms with E-state index < -0.39 is 0 Å². The second-order valence-electron chi connectivity index (χ2n) is 5.35. The van der Waals surface area contributed by atoms with Crippen LogP contribution in [0.3, 0.4) is 0 Å². The molecule has 1 aromatic heterocycles. The minimum absolute atomic E-state index is 0.662. The second kappa shape index (κ2) is 5.17. The smallest absolute Gasteiger partial charge is 0.0718 e. The molecule has 0 unspecified atom stereocenters. The van der Waals surface area contributed by atoms with E-state index in [1.54, 1.807) is 0 Å². The van der Waals surface area contributed by atoms with Crippen LogP contribution >= 0.6 is 0 Å². The normalized spacial score (nSPS) is 14.4. The summed E-state index contributed by atoms with van der Waals surface area (Å²) in [6.45, 7) is 3.84. The van der Waals surface area contributed by atoms with E-state index in [4.69, 9.17) is 10.8 Å². The number of rotatable bonds is 3. The highest BCUT2D eigenvalue weighted by Gasteiger charge is 2.20. The van der Waals surface area contributed by atoms with Crippen molar-refractivity contribution in [3.05, 3.63) is 41.2 Å². The summed E-state index contributed by atoms with van der Waals surface area (Å²) in [5.41, 5.74) is 12.2. The van der Waals surface area contributed by atoms with E-state index >= 15 is 0 Å². The van der Waals surface area contributed by atoms with Gasteiger partial charge in [-0.3, -0.25) is 4.68 Å². The Bertz CT molecular complexity index is 566. The van der Waals surface area contributed by atoms with E-state index in [-0.39, 0.29) is 0 Å². The molecule has 0 aliphatic carbocycles. The first kappa shape index (κ1) is 12.4. The van der Waals surface area contributed by atoms with Gasteiger partial charge in [-0.2, -0.15) is 5.10 Å². The zero-order valence-corrected chi connectivity index (χ0v) is 11.5. The van der Waals surface area contributed by atoms with Gasteiger partial charge in [-0.1, -0.05) is 29.8 Å². The van der Waals surface area contributed by atoms with Crippen LogP contribution in [0.25, 0.3) is 11.1 Å². The summed E-state index contributed by atoms with van der Waals surface area (Å²) in [5, 5.41) is 4.78. The lowest BCUT2D eigenvalue weighted by Crippen LogP contribution is -2.11. The molecule has 0 amide bonds. The fraction of sp³-hybridized carbons (Fsp3) is 0.438. The van der Waals surface area contributed by atoms with E-state index in [1.165, 1.54) is 40.9 Å². The molecule has 0 bridgehead atoms. The second-order valence-corrected chi connectivity index (χ2v) is 5.35. The largest absolute Gasteiger partial charge is 0.330 e. The van der Waals surface area contributed by atoms with Gasteiger partial charge in [0.2, 0.25) is 0 Å². The Morgan fingerprint density at radius 3 is 2.74 bits per heavy atom. The fourth-order valence-electron chi connectivity index (χ4n) is 2.91. The molecule has 0 fully saturated rings. The van der Waals surface area contributed by atoms with Crippen LogP contribution < -0.4 is 5.73 Å². The molecule has 0 saturated carbocycles. The summed E-state index contributed by atoms with van der Waals surface area (Å²) in [6.07, 6.45) is 4.51. The SMILES string of the molecule is Cc1ccc(-c2c(CCN)nn3c2CCCC3)cc1. The highest BCUT2D eigenvalue weighted by molar-refractivity contribution is 5.69. The Balaban J connectivity index is 2.11. The molecule has 1 aliphatic rings. The average molecular weight is 255 g/mol. The first-order valence-electron chi connectivity index (χ1n) is 7.15. The summed E-state index contributed by atoms with van der Waals surface area (Å²) in [4.78, 5) is 0. The number of nitrogens with zero attached hydrogens (tertiary/aromatic N) is 2. The van der Waals surface area contributed by atoms with Crippen LogP contribution in [0.15, 0.2) is 24.3 Å². The van der Waals surface area contributed by atoms with Crippen molar-refractivity contribution in [1.29, 1.82) is 0 Å². The zero-order valence-electron chi connectivity index (χ0n) is 11.5. The Kier molecular flexibility index (Phi) is 3.38. The van der Waals surface area contributed by atoms with Crippen LogP contribution in [0.1, 0.15) is 29.8 Å². The van der Waals surface area contributed by atoms with Gasteiger partial charge in [-0.05, 0) is 38.3 Å². The fourth-order valence-corrected chi connectivity index (χ4v) is 2.91. The first-order valence-corrected chi connectivity index (χ1v) is 7.15. The van der Waals surface area contributed by atoms with Crippen molar-refractivity contribution in [2.75, 3.05) is 6.54 Å². The van der Waals surface area contributed by atoms with E-state index in [2.05, 4.69) is 35.9 Å². The van der Waals surface area contributed by atoms with Gasteiger partial charge in [0.05, 0.1) is 5.69 Å². The molecule has 3 heteroatoms. The van der Waals surface area contributed by atoms with E-state index in [0.29, 0.717) is 6.54 Å². The van der Waals surface area contributed by atoms with Crippen molar-refractivity contribution in [2.24, 2.45) is 5.73 Å². The third kappa shape index (κ3) is 2.30. The first-order chi connectivity index (χ1) is 9.29. The highest BCUT2D eigenvalue weighted by atomic mass is 15.3. The number of fused-ring (bicyclic) bond motifs is 1. The predicted molar refractivity (Wildman–Crippen MR) is 78.1 cm³/mol. The molecule has 3 nitrogen and oxygen atoms in total. The van der Waals surface area contributed by atoms with Crippen molar-refractivity contribution in [3.63, 3.8) is 0 Å². The van der Waals surface area contributed by atoms with E-state index in [0.717, 1.165) is 19.4 Å². The Morgan fingerprint density at radius 2 is 2.00 bits per heavy atom. The third-order valence-electron chi connectivity index (χ3n) is 3.89. The van der Waals surface area contributed by atoms with Crippen LogP contribution in [0, 0.1) is 6.92 Å².